The zero-order chi connectivity index (χ0) is 14.5. The van der Waals surface area contributed by atoms with Crippen molar-refractivity contribution in [3.63, 3.8) is 0 Å². The molecule has 2 rings (SSSR count). The molecular formula is C16H21NO3. The highest BCUT2D eigenvalue weighted by molar-refractivity contribution is 5.83. The highest BCUT2D eigenvalue weighted by Gasteiger charge is 2.44. The molecule has 1 aromatic carbocycles. The third kappa shape index (κ3) is 3.83. The number of hydrogen-bond acceptors (Lipinski definition) is 2. The smallest absolute Gasteiger partial charge is 0.303 e. The summed E-state index contributed by atoms with van der Waals surface area (Å²) in [5, 5.41) is 11.4. The minimum absolute atomic E-state index is 0.0931. The molecular weight excluding hydrogens is 254 g/mol. The zero-order valence-corrected chi connectivity index (χ0v) is 11.8. The monoisotopic (exact) mass is 275 g/mol. The number of carboxylic acid groups (broad SMARTS) is 1. The minimum Gasteiger partial charge on any atom is -0.481 e. The van der Waals surface area contributed by atoms with Crippen LogP contribution < -0.4 is 5.32 Å². The van der Waals surface area contributed by atoms with E-state index in [0.29, 0.717) is 18.9 Å². The highest BCUT2D eigenvalue weighted by Crippen LogP contribution is 2.48. The van der Waals surface area contributed by atoms with Gasteiger partial charge in [-0.05, 0) is 43.2 Å². The van der Waals surface area contributed by atoms with Crippen LogP contribution in [-0.2, 0) is 9.59 Å². The Morgan fingerprint density at radius 3 is 2.75 bits per heavy atom. The Hall–Kier alpha value is -1.84. The van der Waals surface area contributed by atoms with Gasteiger partial charge in [0.2, 0.25) is 5.91 Å². The van der Waals surface area contributed by atoms with Gasteiger partial charge in [0.1, 0.15) is 0 Å². The lowest BCUT2D eigenvalue weighted by molar-refractivity contribution is -0.137. The van der Waals surface area contributed by atoms with Crippen LogP contribution in [0.25, 0.3) is 0 Å². The number of rotatable bonds is 7. The van der Waals surface area contributed by atoms with Gasteiger partial charge in [0.25, 0.3) is 0 Å². The first-order valence-corrected chi connectivity index (χ1v) is 7.14. The van der Waals surface area contributed by atoms with Gasteiger partial charge in [-0.3, -0.25) is 9.59 Å². The molecule has 0 aliphatic heterocycles. The van der Waals surface area contributed by atoms with Gasteiger partial charge in [-0.15, -0.1) is 0 Å². The van der Waals surface area contributed by atoms with Crippen molar-refractivity contribution in [2.45, 2.75) is 38.5 Å². The first-order chi connectivity index (χ1) is 9.59. The van der Waals surface area contributed by atoms with Crippen LogP contribution in [-0.4, -0.2) is 23.5 Å². The molecule has 4 heteroatoms. The number of aryl methyl sites for hydroxylation is 1. The first kappa shape index (κ1) is 14.6. The summed E-state index contributed by atoms with van der Waals surface area (Å²) in [4.78, 5) is 22.3. The molecule has 0 bridgehead atoms. The summed E-state index contributed by atoms with van der Waals surface area (Å²) >= 11 is 0. The summed E-state index contributed by atoms with van der Waals surface area (Å²) in [7, 11) is 0. The van der Waals surface area contributed by atoms with Gasteiger partial charge in [0, 0.05) is 18.9 Å². The molecule has 108 valence electrons. The average molecular weight is 275 g/mol. The number of hydrogen-bond donors (Lipinski definition) is 2. The van der Waals surface area contributed by atoms with Crippen molar-refractivity contribution < 1.29 is 14.7 Å². The van der Waals surface area contributed by atoms with E-state index in [1.807, 2.05) is 12.1 Å². The summed E-state index contributed by atoms with van der Waals surface area (Å²) in [6.07, 6.45) is 2.43. The summed E-state index contributed by atoms with van der Waals surface area (Å²) in [5.41, 5.74) is 2.52. The normalized spacial score (nSPS) is 20.4. The second-order valence-corrected chi connectivity index (χ2v) is 5.45. The standard InChI is InChI=1S/C16H21NO3/c1-11-6-2-3-7-12(11)13-10-14(13)16(20)17-9-5-4-8-15(18)19/h2-3,6-7,13-14H,4-5,8-10H2,1H3,(H,17,20)(H,18,19). The van der Waals surface area contributed by atoms with Crippen molar-refractivity contribution in [3.8, 4) is 0 Å². The van der Waals surface area contributed by atoms with E-state index in [-0.39, 0.29) is 18.2 Å². The molecule has 0 heterocycles. The van der Waals surface area contributed by atoms with Crippen molar-refractivity contribution >= 4 is 11.9 Å². The predicted molar refractivity (Wildman–Crippen MR) is 76.5 cm³/mol. The van der Waals surface area contributed by atoms with E-state index >= 15 is 0 Å². The fourth-order valence-electron chi connectivity index (χ4n) is 2.58. The lowest BCUT2D eigenvalue weighted by Crippen LogP contribution is -2.26. The minimum atomic E-state index is -0.780. The van der Waals surface area contributed by atoms with Gasteiger partial charge in [-0.25, -0.2) is 0 Å². The van der Waals surface area contributed by atoms with Crippen LogP contribution in [0.2, 0.25) is 0 Å². The molecule has 1 fully saturated rings. The maximum atomic E-state index is 12.0. The lowest BCUT2D eigenvalue weighted by Gasteiger charge is -2.06. The Labute approximate surface area is 119 Å². The maximum Gasteiger partial charge on any atom is 0.303 e. The number of benzene rings is 1. The molecule has 1 aliphatic carbocycles. The molecule has 1 aromatic rings. The van der Waals surface area contributed by atoms with Crippen LogP contribution >= 0.6 is 0 Å². The van der Waals surface area contributed by atoms with Crippen LogP contribution in [0, 0.1) is 12.8 Å². The van der Waals surface area contributed by atoms with E-state index in [4.69, 9.17) is 5.11 Å². The lowest BCUT2D eigenvalue weighted by atomic mass is 10.0. The Balaban J connectivity index is 1.71. The zero-order valence-electron chi connectivity index (χ0n) is 11.8. The number of nitrogens with one attached hydrogen (secondary N) is 1. The molecule has 1 saturated carbocycles. The molecule has 2 unspecified atom stereocenters. The number of carbonyl (C=O) groups is 2. The number of carboxylic acids is 1. The second kappa shape index (κ2) is 6.55. The summed E-state index contributed by atoms with van der Waals surface area (Å²) in [6, 6.07) is 8.20. The molecule has 20 heavy (non-hydrogen) atoms. The van der Waals surface area contributed by atoms with Gasteiger partial charge in [-0.2, -0.15) is 0 Å². The van der Waals surface area contributed by atoms with Crippen molar-refractivity contribution in [3.05, 3.63) is 35.4 Å². The molecule has 1 aliphatic rings. The quantitative estimate of drug-likeness (QED) is 0.751. The fraction of sp³-hybridized carbons (Fsp3) is 0.500. The number of unbranched alkanes of at least 4 members (excludes halogenated alkanes) is 1. The topological polar surface area (TPSA) is 66.4 Å². The van der Waals surface area contributed by atoms with Gasteiger partial charge in [0.15, 0.2) is 0 Å². The fourth-order valence-corrected chi connectivity index (χ4v) is 2.58. The van der Waals surface area contributed by atoms with Crippen LogP contribution in [0.5, 0.6) is 0 Å². The molecule has 0 saturated heterocycles. The van der Waals surface area contributed by atoms with Crippen molar-refractivity contribution in [2.75, 3.05) is 6.54 Å². The summed E-state index contributed by atoms with van der Waals surface area (Å²) in [5.74, 6) is -0.225. The molecule has 0 radical (unpaired) electrons. The van der Waals surface area contributed by atoms with Crippen molar-refractivity contribution in [1.82, 2.24) is 5.32 Å². The van der Waals surface area contributed by atoms with E-state index in [9.17, 15) is 9.59 Å². The van der Waals surface area contributed by atoms with Crippen LogP contribution in [0.1, 0.15) is 42.7 Å². The van der Waals surface area contributed by atoms with E-state index in [2.05, 4.69) is 24.4 Å². The molecule has 2 atom stereocenters. The largest absolute Gasteiger partial charge is 0.481 e. The van der Waals surface area contributed by atoms with Gasteiger partial charge < -0.3 is 10.4 Å². The highest BCUT2D eigenvalue weighted by atomic mass is 16.4. The molecule has 4 nitrogen and oxygen atoms in total. The van der Waals surface area contributed by atoms with Gasteiger partial charge in [-0.1, -0.05) is 24.3 Å². The van der Waals surface area contributed by atoms with E-state index in [1.165, 1.54) is 11.1 Å². The molecule has 0 spiro atoms. The Morgan fingerprint density at radius 2 is 2.05 bits per heavy atom. The number of aliphatic carboxylic acids is 1. The van der Waals surface area contributed by atoms with Crippen molar-refractivity contribution in [1.29, 1.82) is 0 Å². The summed E-state index contributed by atoms with van der Waals surface area (Å²) in [6.45, 7) is 2.65. The maximum absolute atomic E-state index is 12.0. The molecule has 0 aromatic heterocycles. The second-order valence-electron chi connectivity index (χ2n) is 5.45. The van der Waals surface area contributed by atoms with Crippen LogP contribution in [0.4, 0.5) is 0 Å². The Kier molecular flexibility index (Phi) is 4.77. The third-order valence-corrected chi connectivity index (χ3v) is 3.83. The van der Waals surface area contributed by atoms with Crippen molar-refractivity contribution in [2.24, 2.45) is 5.92 Å². The van der Waals surface area contributed by atoms with E-state index in [0.717, 1.165) is 12.8 Å². The number of amides is 1. The SMILES string of the molecule is Cc1ccccc1C1CC1C(=O)NCCCCC(=O)O. The van der Waals surface area contributed by atoms with Gasteiger partial charge >= 0.3 is 5.97 Å². The summed E-state index contributed by atoms with van der Waals surface area (Å²) < 4.78 is 0. The first-order valence-electron chi connectivity index (χ1n) is 7.14. The Morgan fingerprint density at radius 1 is 1.30 bits per heavy atom. The number of carbonyl (C=O) groups excluding carboxylic acids is 1. The molecule has 2 N–H and O–H groups in total. The van der Waals surface area contributed by atoms with Gasteiger partial charge in [0.05, 0.1) is 0 Å². The van der Waals surface area contributed by atoms with E-state index < -0.39 is 5.97 Å². The van der Waals surface area contributed by atoms with Crippen LogP contribution in [0.15, 0.2) is 24.3 Å². The van der Waals surface area contributed by atoms with E-state index in [1.54, 1.807) is 0 Å². The predicted octanol–water partition coefficient (Wildman–Crippen LogP) is 2.47. The Bertz CT molecular complexity index is 498. The molecule has 1 amide bonds. The average Bonchev–Trinajstić information content (AvgIpc) is 3.18. The third-order valence-electron chi connectivity index (χ3n) is 3.83. The van der Waals surface area contributed by atoms with Crippen LogP contribution in [0.3, 0.4) is 0 Å².